The van der Waals surface area contributed by atoms with E-state index in [0.717, 1.165) is 24.7 Å². The molecule has 20 heavy (non-hydrogen) atoms. The smallest absolute Gasteiger partial charge is 0.0629 e. The minimum Gasteiger partial charge on any atom is -0.327 e. The highest BCUT2D eigenvalue weighted by atomic mass is 15.3. The van der Waals surface area contributed by atoms with Gasteiger partial charge in [-0.15, -0.1) is 0 Å². The van der Waals surface area contributed by atoms with Crippen molar-refractivity contribution in [3.8, 4) is 0 Å². The van der Waals surface area contributed by atoms with Crippen LogP contribution in [0.3, 0.4) is 0 Å². The number of nitrogens with two attached hydrogens (primary N) is 1. The number of aromatic nitrogens is 2. The zero-order valence-electron chi connectivity index (χ0n) is 13.8. The molecule has 1 aliphatic rings. The average Bonchev–Trinajstić information content (AvgIpc) is 2.69. The van der Waals surface area contributed by atoms with Crippen molar-refractivity contribution in [2.45, 2.75) is 78.8 Å². The molecule has 1 aromatic heterocycles. The fraction of sp³-hybridized carbons (Fsp3) is 0.824. The van der Waals surface area contributed by atoms with Gasteiger partial charge in [0, 0.05) is 11.7 Å². The highest BCUT2D eigenvalue weighted by molar-refractivity contribution is 5.26. The van der Waals surface area contributed by atoms with Gasteiger partial charge in [0.2, 0.25) is 0 Å². The van der Waals surface area contributed by atoms with Crippen molar-refractivity contribution >= 4 is 0 Å². The van der Waals surface area contributed by atoms with Crippen LogP contribution in [0.5, 0.6) is 0 Å². The van der Waals surface area contributed by atoms with E-state index in [9.17, 15) is 0 Å². The van der Waals surface area contributed by atoms with Crippen molar-refractivity contribution in [1.29, 1.82) is 0 Å². The second kappa shape index (κ2) is 6.30. The normalized spacial score (nSPS) is 28.6. The third-order valence-electron chi connectivity index (χ3n) is 5.38. The van der Waals surface area contributed by atoms with Crippen LogP contribution in [0.4, 0.5) is 0 Å². The average molecular weight is 277 g/mol. The molecule has 0 aliphatic heterocycles. The predicted molar refractivity (Wildman–Crippen MR) is 84.9 cm³/mol. The lowest BCUT2D eigenvalue weighted by Gasteiger charge is -2.32. The molecule has 3 heteroatoms. The lowest BCUT2D eigenvalue weighted by molar-refractivity contribution is 0.198. The van der Waals surface area contributed by atoms with Crippen LogP contribution in [-0.2, 0) is 6.42 Å². The van der Waals surface area contributed by atoms with Crippen LogP contribution < -0.4 is 5.73 Å². The molecular weight excluding hydrogens is 246 g/mol. The van der Waals surface area contributed by atoms with Crippen LogP contribution >= 0.6 is 0 Å². The maximum absolute atomic E-state index is 6.13. The van der Waals surface area contributed by atoms with Crippen molar-refractivity contribution in [2.75, 3.05) is 0 Å². The lowest BCUT2D eigenvalue weighted by atomic mass is 9.79. The Balaban J connectivity index is 2.19. The fourth-order valence-corrected chi connectivity index (χ4v) is 3.50. The first-order valence-electron chi connectivity index (χ1n) is 8.24. The van der Waals surface area contributed by atoms with E-state index in [0.29, 0.717) is 6.04 Å². The number of hydrogen-bond acceptors (Lipinski definition) is 2. The van der Waals surface area contributed by atoms with Crippen molar-refractivity contribution in [2.24, 2.45) is 17.6 Å². The molecule has 3 nitrogen and oxygen atoms in total. The summed E-state index contributed by atoms with van der Waals surface area (Å²) in [6, 6.07) is 0.849. The van der Waals surface area contributed by atoms with Gasteiger partial charge in [0.15, 0.2) is 0 Å². The summed E-state index contributed by atoms with van der Waals surface area (Å²) in [5, 5.41) is 4.84. The van der Waals surface area contributed by atoms with E-state index in [4.69, 9.17) is 10.8 Å². The summed E-state index contributed by atoms with van der Waals surface area (Å²) in [6.07, 6.45) is 5.86. The molecule has 4 atom stereocenters. The molecule has 1 aliphatic carbocycles. The van der Waals surface area contributed by atoms with Gasteiger partial charge in [-0.3, -0.25) is 4.68 Å². The molecule has 0 bridgehead atoms. The van der Waals surface area contributed by atoms with E-state index in [-0.39, 0.29) is 6.04 Å². The summed E-state index contributed by atoms with van der Waals surface area (Å²) >= 11 is 0. The molecule has 0 amide bonds. The monoisotopic (exact) mass is 277 g/mol. The fourth-order valence-electron chi connectivity index (χ4n) is 3.50. The van der Waals surface area contributed by atoms with Crippen LogP contribution in [0.15, 0.2) is 0 Å². The minimum absolute atomic E-state index is 0.260. The van der Waals surface area contributed by atoms with Crippen molar-refractivity contribution in [3.05, 3.63) is 17.0 Å². The highest BCUT2D eigenvalue weighted by Gasteiger charge is 2.28. The quantitative estimate of drug-likeness (QED) is 0.910. The second-order valence-electron chi connectivity index (χ2n) is 6.89. The number of nitrogens with zero attached hydrogens (tertiary/aromatic N) is 2. The molecular formula is C17H31N3. The van der Waals surface area contributed by atoms with Gasteiger partial charge in [0.05, 0.1) is 11.7 Å². The Kier molecular flexibility index (Phi) is 4.90. The zero-order chi connectivity index (χ0) is 14.9. The summed E-state index contributed by atoms with van der Waals surface area (Å²) in [7, 11) is 0. The molecule has 1 aromatic rings. The largest absolute Gasteiger partial charge is 0.327 e. The van der Waals surface area contributed by atoms with E-state index < -0.39 is 0 Å². The first kappa shape index (κ1) is 15.6. The maximum atomic E-state index is 6.13. The molecule has 2 N–H and O–H groups in total. The molecule has 2 rings (SSSR count). The van der Waals surface area contributed by atoms with Crippen LogP contribution in [-0.4, -0.2) is 15.8 Å². The molecule has 1 saturated carbocycles. The number of aryl methyl sites for hydroxylation is 1. The predicted octanol–water partition coefficient (Wildman–Crippen LogP) is 3.78. The van der Waals surface area contributed by atoms with Gasteiger partial charge in [-0.1, -0.05) is 20.8 Å². The third-order valence-corrected chi connectivity index (χ3v) is 5.38. The van der Waals surface area contributed by atoms with Crippen molar-refractivity contribution in [1.82, 2.24) is 9.78 Å². The Morgan fingerprint density at radius 1 is 1.25 bits per heavy atom. The Morgan fingerprint density at radius 2 is 1.95 bits per heavy atom. The van der Waals surface area contributed by atoms with Gasteiger partial charge < -0.3 is 5.73 Å². The lowest BCUT2D eigenvalue weighted by Crippen LogP contribution is -2.25. The van der Waals surface area contributed by atoms with E-state index in [1.54, 1.807) is 0 Å². The topological polar surface area (TPSA) is 43.8 Å². The van der Waals surface area contributed by atoms with Crippen LogP contribution in [0.2, 0.25) is 0 Å². The van der Waals surface area contributed by atoms with E-state index in [2.05, 4.69) is 39.3 Å². The summed E-state index contributed by atoms with van der Waals surface area (Å²) in [4.78, 5) is 0. The third kappa shape index (κ3) is 3.08. The van der Waals surface area contributed by atoms with Crippen molar-refractivity contribution < 1.29 is 0 Å². The van der Waals surface area contributed by atoms with Gasteiger partial charge >= 0.3 is 0 Å². The number of hydrogen-bond donors (Lipinski definition) is 1. The van der Waals surface area contributed by atoms with Gasteiger partial charge in [0.1, 0.15) is 0 Å². The Hall–Kier alpha value is -0.830. The SMILES string of the molecule is CCC(N)Cc1c(C)nn(C2CCC(C)C(C)C2)c1C. The number of rotatable bonds is 4. The molecule has 1 fully saturated rings. The molecule has 0 radical (unpaired) electrons. The molecule has 1 heterocycles. The van der Waals surface area contributed by atoms with Gasteiger partial charge in [0.25, 0.3) is 0 Å². The zero-order valence-corrected chi connectivity index (χ0v) is 13.8. The maximum Gasteiger partial charge on any atom is 0.0629 e. The first-order valence-corrected chi connectivity index (χ1v) is 8.24. The first-order chi connectivity index (χ1) is 9.43. The molecule has 0 saturated heterocycles. The van der Waals surface area contributed by atoms with E-state index in [1.165, 1.54) is 36.2 Å². The highest BCUT2D eigenvalue weighted by Crippen LogP contribution is 2.37. The summed E-state index contributed by atoms with van der Waals surface area (Å²) in [5.74, 6) is 1.66. The summed E-state index contributed by atoms with van der Waals surface area (Å²) in [5.41, 5.74) is 10.0. The molecule has 114 valence electrons. The van der Waals surface area contributed by atoms with Crippen LogP contribution in [0.1, 0.15) is 69.4 Å². The van der Waals surface area contributed by atoms with Gasteiger partial charge in [-0.25, -0.2) is 0 Å². The summed E-state index contributed by atoms with van der Waals surface area (Å²) < 4.78 is 2.30. The Labute approximate surface area is 123 Å². The second-order valence-corrected chi connectivity index (χ2v) is 6.89. The van der Waals surface area contributed by atoms with Crippen LogP contribution in [0, 0.1) is 25.7 Å². The van der Waals surface area contributed by atoms with Gasteiger partial charge in [-0.05, 0) is 63.4 Å². The van der Waals surface area contributed by atoms with Crippen LogP contribution in [0.25, 0.3) is 0 Å². The Bertz CT molecular complexity index is 449. The molecule has 0 aromatic carbocycles. The minimum atomic E-state index is 0.260. The van der Waals surface area contributed by atoms with E-state index in [1.807, 2.05) is 0 Å². The van der Waals surface area contributed by atoms with Gasteiger partial charge in [-0.2, -0.15) is 5.10 Å². The summed E-state index contributed by atoms with van der Waals surface area (Å²) in [6.45, 7) is 11.3. The Morgan fingerprint density at radius 3 is 2.55 bits per heavy atom. The van der Waals surface area contributed by atoms with E-state index >= 15 is 0 Å². The van der Waals surface area contributed by atoms with Crippen molar-refractivity contribution in [3.63, 3.8) is 0 Å². The standard InChI is InChI=1S/C17H31N3/c1-6-15(18)10-17-13(4)19-20(14(17)5)16-8-7-11(2)12(3)9-16/h11-12,15-16H,6-10,18H2,1-5H3. The molecule has 4 unspecified atom stereocenters. The molecule has 0 spiro atoms.